The van der Waals surface area contributed by atoms with Crippen LogP contribution in [0.2, 0.25) is 0 Å². The number of fused-ring (bicyclic) bond motifs is 1. The van der Waals surface area contributed by atoms with Gasteiger partial charge in [0, 0.05) is 0 Å². The standard InChI is InChI=1S/C10H16O3/c1-12-10(11)9-6-7-4-2-3-5-8(7)13-9/h7-9H,2-6H2,1H3/t7-,8-,9+/m1/s1. The lowest BCUT2D eigenvalue weighted by Crippen LogP contribution is -2.23. The van der Waals surface area contributed by atoms with Crippen molar-refractivity contribution in [1.82, 2.24) is 0 Å². The Hall–Kier alpha value is -0.570. The summed E-state index contributed by atoms with van der Waals surface area (Å²) in [5, 5.41) is 0. The number of carbonyl (C=O) groups excluding carboxylic acids is 1. The quantitative estimate of drug-likeness (QED) is 0.579. The van der Waals surface area contributed by atoms with Gasteiger partial charge in [-0.25, -0.2) is 4.79 Å². The smallest absolute Gasteiger partial charge is 0.334 e. The van der Waals surface area contributed by atoms with Crippen molar-refractivity contribution in [2.45, 2.75) is 44.3 Å². The summed E-state index contributed by atoms with van der Waals surface area (Å²) in [6, 6.07) is 0. The normalized spacial score (nSPS) is 38.4. The number of hydrogen-bond acceptors (Lipinski definition) is 3. The summed E-state index contributed by atoms with van der Waals surface area (Å²) < 4.78 is 10.3. The SMILES string of the molecule is COC(=O)[C@@H]1C[C@H]2CCCC[C@H]2O1. The first-order chi connectivity index (χ1) is 6.31. The van der Waals surface area contributed by atoms with Gasteiger partial charge >= 0.3 is 5.97 Å². The van der Waals surface area contributed by atoms with Crippen LogP contribution < -0.4 is 0 Å². The molecule has 0 amide bonds. The molecule has 3 nitrogen and oxygen atoms in total. The minimum Gasteiger partial charge on any atom is -0.467 e. The van der Waals surface area contributed by atoms with Gasteiger partial charge in [-0.1, -0.05) is 12.8 Å². The molecule has 0 spiro atoms. The van der Waals surface area contributed by atoms with E-state index in [4.69, 9.17) is 4.74 Å². The summed E-state index contributed by atoms with van der Waals surface area (Å²) in [7, 11) is 1.42. The molecule has 2 fully saturated rings. The molecule has 3 heteroatoms. The molecule has 1 saturated heterocycles. The van der Waals surface area contributed by atoms with Crippen molar-refractivity contribution in [3.63, 3.8) is 0 Å². The lowest BCUT2D eigenvalue weighted by Gasteiger charge is -2.22. The van der Waals surface area contributed by atoms with E-state index in [1.54, 1.807) is 0 Å². The fraction of sp³-hybridized carbons (Fsp3) is 0.900. The molecular formula is C10H16O3. The fourth-order valence-electron chi connectivity index (χ4n) is 2.45. The van der Waals surface area contributed by atoms with Gasteiger partial charge in [-0.05, 0) is 25.2 Å². The highest BCUT2D eigenvalue weighted by atomic mass is 16.6. The van der Waals surface area contributed by atoms with Gasteiger partial charge < -0.3 is 9.47 Å². The Morgan fingerprint density at radius 2 is 2.15 bits per heavy atom. The second-order valence-corrected chi connectivity index (χ2v) is 3.97. The molecule has 74 valence electrons. The van der Waals surface area contributed by atoms with Crippen molar-refractivity contribution in [3.05, 3.63) is 0 Å². The molecule has 3 atom stereocenters. The average Bonchev–Trinajstić information content (AvgIpc) is 2.59. The Bertz CT molecular complexity index is 188. The van der Waals surface area contributed by atoms with Crippen LogP contribution in [0.3, 0.4) is 0 Å². The molecule has 1 aliphatic heterocycles. The van der Waals surface area contributed by atoms with E-state index in [2.05, 4.69) is 4.74 Å². The molecule has 1 heterocycles. The Kier molecular flexibility index (Phi) is 2.54. The molecule has 1 aliphatic carbocycles. The minimum absolute atomic E-state index is 0.200. The third-order valence-corrected chi connectivity index (χ3v) is 3.16. The lowest BCUT2D eigenvalue weighted by atomic mass is 9.85. The van der Waals surface area contributed by atoms with E-state index in [-0.39, 0.29) is 12.1 Å². The van der Waals surface area contributed by atoms with E-state index in [0.717, 1.165) is 12.8 Å². The van der Waals surface area contributed by atoms with E-state index in [0.29, 0.717) is 12.0 Å². The predicted molar refractivity (Wildman–Crippen MR) is 47.3 cm³/mol. The number of hydrogen-bond donors (Lipinski definition) is 0. The molecular weight excluding hydrogens is 168 g/mol. The van der Waals surface area contributed by atoms with Crippen molar-refractivity contribution in [3.8, 4) is 0 Å². The molecule has 2 aliphatic rings. The van der Waals surface area contributed by atoms with Crippen molar-refractivity contribution in [1.29, 1.82) is 0 Å². The summed E-state index contributed by atoms with van der Waals surface area (Å²) in [6.07, 6.45) is 5.80. The molecule has 0 aromatic heterocycles. The maximum Gasteiger partial charge on any atom is 0.334 e. The molecule has 1 saturated carbocycles. The average molecular weight is 184 g/mol. The maximum absolute atomic E-state index is 11.2. The van der Waals surface area contributed by atoms with Crippen LogP contribution in [0.1, 0.15) is 32.1 Å². The van der Waals surface area contributed by atoms with Crippen LogP contribution in [0.25, 0.3) is 0 Å². The lowest BCUT2D eigenvalue weighted by molar-refractivity contribution is -0.153. The molecule has 0 N–H and O–H groups in total. The number of rotatable bonds is 1. The first kappa shape index (κ1) is 9.00. The maximum atomic E-state index is 11.2. The molecule has 2 rings (SSSR count). The van der Waals surface area contributed by atoms with Crippen LogP contribution in [0.5, 0.6) is 0 Å². The summed E-state index contributed by atoms with van der Waals surface area (Å²) >= 11 is 0. The van der Waals surface area contributed by atoms with E-state index in [9.17, 15) is 4.79 Å². The van der Waals surface area contributed by atoms with Crippen molar-refractivity contribution < 1.29 is 14.3 Å². The highest BCUT2D eigenvalue weighted by Gasteiger charge is 2.40. The van der Waals surface area contributed by atoms with Gasteiger partial charge in [0.15, 0.2) is 6.10 Å². The second-order valence-electron chi connectivity index (χ2n) is 3.97. The van der Waals surface area contributed by atoms with Gasteiger partial charge in [-0.3, -0.25) is 0 Å². The molecule has 0 aromatic rings. The van der Waals surface area contributed by atoms with Crippen LogP contribution in [0, 0.1) is 5.92 Å². The van der Waals surface area contributed by atoms with Crippen LogP contribution in [0.15, 0.2) is 0 Å². The van der Waals surface area contributed by atoms with E-state index >= 15 is 0 Å². The molecule has 0 aromatic carbocycles. The first-order valence-electron chi connectivity index (χ1n) is 5.04. The zero-order valence-corrected chi connectivity index (χ0v) is 7.99. The van der Waals surface area contributed by atoms with Crippen molar-refractivity contribution in [2.75, 3.05) is 7.11 Å². The van der Waals surface area contributed by atoms with Gasteiger partial charge in [-0.2, -0.15) is 0 Å². The Labute approximate surface area is 78.4 Å². The topological polar surface area (TPSA) is 35.5 Å². The highest BCUT2D eigenvalue weighted by Crippen LogP contribution is 2.37. The monoisotopic (exact) mass is 184 g/mol. The summed E-state index contributed by atoms with van der Waals surface area (Å²) in [6.45, 7) is 0. The van der Waals surface area contributed by atoms with Crippen LogP contribution in [0.4, 0.5) is 0 Å². The van der Waals surface area contributed by atoms with Crippen molar-refractivity contribution in [2.24, 2.45) is 5.92 Å². The van der Waals surface area contributed by atoms with Crippen molar-refractivity contribution >= 4 is 5.97 Å². The molecule has 13 heavy (non-hydrogen) atoms. The van der Waals surface area contributed by atoms with E-state index in [1.165, 1.54) is 26.4 Å². The fourth-order valence-corrected chi connectivity index (χ4v) is 2.45. The van der Waals surface area contributed by atoms with E-state index in [1.807, 2.05) is 0 Å². The van der Waals surface area contributed by atoms with Gasteiger partial charge in [0.25, 0.3) is 0 Å². The number of esters is 1. The van der Waals surface area contributed by atoms with Crippen LogP contribution in [-0.2, 0) is 14.3 Å². The highest BCUT2D eigenvalue weighted by molar-refractivity contribution is 5.74. The number of methoxy groups -OCH3 is 1. The summed E-state index contributed by atoms with van der Waals surface area (Å²) in [5.41, 5.74) is 0. The van der Waals surface area contributed by atoms with Gasteiger partial charge in [0.05, 0.1) is 13.2 Å². The first-order valence-corrected chi connectivity index (χ1v) is 5.04. The Morgan fingerprint density at radius 1 is 1.38 bits per heavy atom. The zero-order valence-electron chi connectivity index (χ0n) is 7.99. The Morgan fingerprint density at radius 3 is 2.85 bits per heavy atom. The van der Waals surface area contributed by atoms with Gasteiger partial charge in [-0.15, -0.1) is 0 Å². The zero-order chi connectivity index (χ0) is 9.26. The largest absolute Gasteiger partial charge is 0.467 e. The van der Waals surface area contributed by atoms with Crippen LogP contribution in [-0.4, -0.2) is 25.3 Å². The molecule has 0 radical (unpaired) electrons. The molecule has 0 bridgehead atoms. The summed E-state index contributed by atoms with van der Waals surface area (Å²) in [4.78, 5) is 11.2. The predicted octanol–water partition coefficient (Wildman–Crippen LogP) is 1.51. The molecule has 0 unspecified atom stereocenters. The third-order valence-electron chi connectivity index (χ3n) is 3.16. The van der Waals surface area contributed by atoms with E-state index < -0.39 is 0 Å². The summed E-state index contributed by atoms with van der Waals surface area (Å²) in [5.74, 6) is 0.409. The number of carbonyl (C=O) groups is 1. The third kappa shape index (κ3) is 1.70. The van der Waals surface area contributed by atoms with Crippen LogP contribution >= 0.6 is 0 Å². The second kappa shape index (κ2) is 3.66. The van der Waals surface area contributed by atoms with Gasteiger partial charge in [0.2, 0.25) is 0 Å². The number of ether oxygens (including phenoxy) is 2. The minimum atomic E-state index is -0.280. The van der Waals surface area contributed by atoms with Gasteiger partial charge in [0.1, 0.15) is 0 Å². The Balaban J connectivity index is 1.94.